The average molecular weight is 241 g/mol. The lowest BCUT2D eigenvalue weighted by Crippen LogP contribution is -2.46. The van der Waals surface area contributed by atoms with E-state index in [4.69, 9.17) is 9.26 Å². The molecular weight excluding hydrogens is 226 g/mol. The zero-order valence-corrected chi connectivity index (χ0v) is 9.88. The molecule has 0 N–H and O–H groups in total. The van der Waals surface area contributed by atoms with Crippen molar-refractivity contribution in [2.24, 2.45) is 0 Å². The van der Waals surface area contributed by atoms with Crippen molar-refractivity contribution in [2.45, 2.75) is 19.6 Å². The number of methoxy groups -OCH3 is 1. The van der Waals surface area contributed by atoms with Gasteiger partial charge in [-0.3, -0.25) is 4.90 Å². The van der Waals surface area contributed by atoms with E-state index in [2.05, 4.69) is 14.9 Å². The van der Waals surface area contributed by atoms with Gasteiger partial charge in [-0.2, -0.15) is 4.98 Å². The van der Waals surface area contributed by atoms with Crippen molar-refractivity contribution in [1.29, 1.82) is 0 Å². The normalized spacial score (nSPS) is 21.4. The van der Waals surface area contributed by atoms with Crippen LogP contribution >= 0.6 is 0 Å². The van der Waals surface area contributed by atoms with E-state index in [1.807, 2.05) is 4.90 Å². The smallest absolute Gasteiger partial charge is 0.336 e. The first-order chi connectivity index (χ1) is 8.19. The first kappa shape index (κ1) is 12.0. The van der Waals surface area contributed by atoms with Gasteiger partial charge in [0, 0.05) is 13.1 Å². The second-order valence-electron chi connectivity index (χ2n) is 3.85. The molecule has 2 rings (SSSR count). The highest BCUT2D eigenvalue weighted by molar-refractivity contribution is 5.74. The Bertz CT molecular complexity index is 393. The summed E-state index contributed by atoms with van der Waals surface area (Å²) in [5.74, 6) is 0.808. The fourth-order valence-corrected chi connectivity index (χ4v) is 1.72. The summed E-state index contributed by atoms with van der Waals surface area (Å²) in [6, 6.07) is 0. The van der Waals surface area contributed by atoms with Crippen LogP contribution in [0.4, 0.5) is 0 Å². The Morgan fingerprint density at radius 1 is 1.65 bits per heavy atom. The van der Waals surface area contributed by atoms with Gasteiger partial charge in [-0.15, -0.1) is 0 Å². The van der Waals surface area contributed by atoms with E-state index < -0.39 is 6.10 Å². The maximum atomic E-state index is 11.3. The number of carbonyl (C=O) groups excluding carboxylic acids is 1. The maximum Gasteiger partial charge on any atom is 0.336 e. The van der Waals surface area contributed by atoms with Gasteiger partial charge in [0.2, 0.25) is 5.89 Å². The third kappa shape index (κ3) is 3.01. The molecule has 17 heavy (non-hydrogen) atoms. The monoisotopic (exact) mass is 241 g/mol. The second-order valence-corrected chi connectivity index (χ2v) is 3.85. The van der Waals surface area contributed by atoms with E-state index in [0.29, 0.717) is 31.4 Å². The van der Waals surface area contributed by atoms with Crippen LogP contribution in [0.5, 0.6) is 0 Å². The van der Waals surface area contributed by atoms with E-state index >= 15 is 0 Å². The largest absolute Gasteiger partial charge is 0.467 e. The Morgan fingerprint density at radius 3 is 3.12 bits per heavy atom. The fourth-order valence-electron chi connectivity index (χ4n) is 1.72. The molecule has 1 unspecified atom stereocenters. The number of carbonyl (C=O) groups is 1. The van der Waals surface area contributed by atoms with Crippen molar-refractivity contribution >= 4 is 5.97 Å². The lowest BCUT2D eigenvalue weighted by atomic mass is 10.2. The number of morpholine rings is 1. The molecule has 1 aromatic rings. The Labute approximate surface area is 98.7 Å². The van der Waals surface area contributed by atoms with Gasteiger partial charge >= 0.3 is 5.97 Å². The summed E-state index contributed by atoms with van der Waals surface area (Å²) < 4.78 is 15.0. The number of ether oxygens (including phenoxy) is 2. The van der Waals surface area contributed by atoms with Crippen molar-refractivity contribution in [2.75, 3.05) is 26.8 Å². The van der Waals surface area contributed by atoms with Crippen LogP contribution < -0.4 is 0 Å². The molecule has 0 spiro atoms. The van der Waals surface area contributed by atoms with Crippen LogP contribution in [0.25, 0.3) is 0 Å². The van der Waals surface area contributed by atoms with Crippen molar-refractivity contribution in [3.63, 3.8) is 0 Å². The predicted molar refractivity (Wildman–Crippen MR) is 56.1 cm³/mol. The summed E-state index contributed by atoms with van der Waals surface area (Å²) in [4.78, 5) is 17.5. The van der Waals surface area contributed by atoms with E-state index in [-0.39, 0.29) is 5.97 Å². The molecular formula is C10H15N3O4. The summed E-state index contributed by atoms with van der Waals surface area (Å²) in [6.07, 6.45) is -0.530. The third-order valence-electron chi connectivity index (χ3n) is 2.54. The lowest BCUT2D eigenvalue weighted by molar-refractivity contribution is -0.160. The minimum absolute atomic E-state index is 0.351. The fraction of sp³-hybridized carbons (Fsp3) is 0.700. The Morgan fingerprint density at radius 2 is 2.47 bits per heavy atom. The Kier molecular flexibility index (Phi) is 3.70. The molecule has 1 aromatic heterocycles. The van der Waals surface area contributed by atoms with Gasteiger partial charge in [0.25, 0.3) is 0 Å². The third-order valence-corrected chi connectivity index (χ3v) is 2.54. The number of hydrogen-bond donors (Lipinski definition) is 0. The van der Waals surface area contributed by atoms with Gasteiger partial charge in [0.1, 0.15) is 0 Å². The summed E-state index contributed by atoms with van der Waals surface area (Å²) in [7, 11) is 1.35. The molecule has 1 aliphatic rings. The van der Waals surface area contributed by atoms with E-state index in [0.717, 1.165) is 6.54 Å². The van der Waals surface area contributed by atoms with Gasteiger partial charge in [0.15, 0.2) is 11.9 Å². The minimum Gasteiger partial charge on any atom is -0.467 e. The van der Waals surface area contributed by atoms with Crippen LogP contribution in [-0.4, -0.2) is 53.9 Å². The predicted octanol–water partition coefficient (Wildman–Crippen LogP) is -0.248. The SMILES string of the molecule is COC(=O)C1CN(Cc2nc(C)no2)CCO1. The van der Waals surface area contributed by atoms with Gasteiger partial charge in [0.05, 0.1) is 20.3 Å². The summed E-state index contributed by atoms with van der Waals surface area (Å²) in [5, 5.41) is 3.72. The molecule has 0 radical (unpaired) electrons. The van der Waals surface area contributed by atoms with Gasteiger partial charge < -0.3 is 14.0 Å². The second kappa shape index (κ2) is 5.24. The first-order valence-corrected chi connectivity index (χ1v) is 5.40. The number of hydrogen-bond acceptors (Lipinski definition) is 7. The highest BCUT2D eigenvalue weighted by Gasteiger charge is 2.28. The molecule has 0 aromatic carbocycles. The van der Waals surface area contributed by atoms with Crippen molar-refractivity contribution in [3.05, 3.63) is 11.7 Å². The molecule has 2 heterocycles. The van der Waals surface area contributed by atoms with Gasteiger partial charge in [-0.1, -0.05) is 5.16 Å². The number of nitrogens with zero attached hydrogens (tertiary/aromatic N) is 3. The van der Waals surface area contributed by atoms with Crippen LogP contribution in [0.15, 0.2) is 4.52 Å². The van der Waals surface area contributed by atoms with Crippen molar-refractivity contribution < 1.29 is 18.8 Å². The van der Waals surface area contributed by atoms with Gasteiger partial charge in [-0.05, 0) is 6.92 Å². The Hall–Kier alpha value is -1.47. The van der Waals surface area contributed by atoms with Crippen molar-refractivity contribution in [3.8, 4) is 0 Å². The van der Waals surface area contributed by atoms with Crippen LogP contribution in [0, 0.1) is 6.92 Å². The number of rotatable bonds is 3. The summed E-state index contributed by atoms with van der Waals surface area (Å²) in [5.41, 5.74) is 0. The molecule has 7 heteroatoms. The molecule has 0 amide bonds. The highest BCUT2D eigenvalue weighted by atomic mass is 16.6. The first-order valence-electron chi connectivity index (χ1n) is 5.40. The molecule has 1 aliphatic heterocycles. The van der Waals surface area contributed by atoms with Crippen molar-refractivity contribution in [1.82, 2.24) is 15.0 Å². The van der Waals surface area contributed by atoms with E-state index in [9.17, 15) is 4.79 Å². The van der Waals surface area contributed by atoms with Crippen LogP contribution in [-0.2, 0) is 20.8 Å². The molecule has 94 valence electrons. The number of aryl methyl sites for hydroxylation is 1. The minimum atomic E-state index is -0.530. The lowest BCUT2D eigenvalue weighted by Gasteiger charge is -2.30. The molecule has 0 aliphatic carbocycles. The standard InChI is InChI=1S/C10H15N3O4/c1-7-11-9(17-12-7)6-13-3-4-16-8(5-13)10(14)15-2/h8H,3-6H2,1-2H3. The average Bonchev–Trinajstić information content (AvgIpc) is 2.74. The maximum absolute atomic E-state index is 11.3. The van der Waals surface area contributed by atoms with E-state index in [1.54, 1.807) is 6.92 Å². The topological polar surface area (TPSA) is 77.7 Å². The summed E-state index contributed by atoms with van der Waals surface area (Å²) in [6.45, 7) is 4.00. The molecule has 1 fully saturated rings. The molecule has 1 atom stereocenters. The van der Waals surface area contributed by atoms with Crippen LogP contribution in [0.2, 0.25) is 0 Å². The summed E-state index contributed by atoms with van der Waals surface area (Å²) >= 11 is 0. The van der Waals surface area contributed by atoms with Crippen LogP contribution in [0.3, 0.4) is 0 Å². The quantitative estimate of drug-likeness (QED) is 0.675. The zero-order valence-electron chi connectivity index (χ0n) is 9.88. The zero-order chi connectivity index (χ0) is 12.3. The molecule has 0 bridgehead atoms. The number of aromatic nitrogens is 2. The van der Waals surface area contributed by atoms with Gasteiger partial charge in [-0.25, -0.2) is 4.79 Å². The molecule has 1 saturated heterocycles. The molecule has 0 saturated carbocycles. The number of esters is 1. The molecule has 7 nitrogen and oxygen atoms in total. The van der Waals surface area contributed by atoms with Crippen LogP contribution in [0.1, 0.15) is 11.7 Å². The van der Waals surface area contributed by atoms with E-state index in [1.165, 1.54) is 7.11 Å². The highest BCUT2D eigenvalue weighted by Crippen LogP contribution is 2.10. The Balaban J connectivity index is 1.91.